The summed E-state index contributed by atoms with van der Waals surface area (Å²) >= 11 is 7.39. The molecular formula is C26H23N3O2S2. The number of hydrogen-bond donors (Lipinski definition) is 1. The molecule has 0 unspecified atom stereocenters. The second-order valence-electron chi connectivity index (χ2n) is 7.74. The van der Waals surface area contributed by atoms with Gasteiger partial charge in [0.1, 0.15) is 17.6 Å². The van der Waals surface area contributed by atoms with E-state index in [1.54, 1.807) is 25.1 Å². The minimum atomic E-state index is -0.226. The zero-order valence-corrected chi connectivity index (χ0v) is 19.9. The second kappa shape index (κ2) is 9.29. The largest absolute Gasteiger partial charge is 0.495 e. The zero-order valence-electron chi connectivity index (χ0n) is 18.3. The Labute approximate surface area is 202 Å². The van der Waals surface area contributed by atoms with E-state index in [1.807, 2.05) is 54.6 Å². The van der Waals surface area contributed by atoms with Crippen LogP contribution in [0.2, 0.25) is 0 Å². The first kappa shape index (κ1) is 21.6. The van der Waals surface area contributed by atoms with Crippen molar-refractivity contribution in [2.45, 2.75) is 29.0 Å². The second-order valence-corrected chi connectivity index (χ2v) is 9.20. The van der Waals surface area contributed by atoms with Gasteiger partial charge in [-0.1, -0.05) is 47.7 Å². The summed E-state index contributed by atoms with van der Waals surface area (Å²) < 4.78 is 12.0. The van der Waals surface area contributed by atoms with Crippen molar-refractivity contribution in [1.82, 2.24) is 10.3 Å². The molecule has 2 aromatic carbocycles. The van der Waals surface area contributed by atoms with Crippen molar-refractivity contribution in [2.24, 2.45) is 0 Å². The van der Waals surface area contributed by atoms with E-state index in [2.05, 4.69) is 46.4 Å². The van der Waals surface area contributed by atoms with Gasteiger partial charge in [0, 0.05) is 11.1 Å². The van der Waals surface area contributed by atoms with Crippen molar-refractivity contribution in [3.05, 3.63) is 102 Å². The number of anilines is 1. The molecule has 7 heteroatoms. The number of furan rings is 1. The van der Waals surface area contributed by atoms with Crippen LogP contribution in [0.25, 0.3) is 0 Å². The van der Waals surface area contributed by atoms with Gasteiger partial charge in [-0.15, -0.1) is 0 Å². The fraction of sp³-hybridized carbons (Fsp3) is 0.154. The number of thiocarbonyl (C=S) groups is 1. The van der Waals surface area contributed by atoms with Gasteiger partial charge in [0.25, 0.3) is 0 Å². The summed E-state index contributed by atoms with van der Waals surface area (Å²) in [5.41, 5.74) is 3.01. The van der Waals surface area contributed by atoms with Crippen LogP contribution < -0.4 is 15.0 Å². The normalized spacial score (nSPS) is 17.8. The van der Waals surface area contributed by atoms with Gasteiger partial charge in [0.05, 0.1) is 24.5 Å². The van der Waals surface area contributed by atoms with E-state index in [0.717, 1.165) is 32.9 Å². The topological polar surface area (TPSA) is 50.5 Å². The maximum absolute atomic E-state index is 6.38. The van der Waals surface area contributed by atoms with Gasteiger partial charge >= 0.3 is 0 Å². The molecule has 0 amide bonds. The summed E-state index contributed by atoms with van der Waals surface area (Å²) in [5, 5.41) is 4.88. The molecule has 2 aromatic heterocycles. The molecule has 0 aliphatic carbocycles. The molecule has 166 valence electrons. The Morgan fingerprint density at radius 1 is 1.00 bits per heavy atom. The van der Waals surface area contributed by atoms with Gasteiger partial charge < -0.3 is 19.4 Å². The Morgan fingerprint density at radius 3 is 2.55 bits per heavy atom. The van der Waals surface area contributed by atoms with E-state index < -0.39 is 0 Å². The molecule has 1 N–H and O–H groups in total. The highest BCUT2D eigenvalue weighted by atomic mass is 32.2. The fourth-order valence-corrected chi connectivity index (χ4v) is 5.12. The van der Waals surface area contributed by atoms with Crippen molar-refractivity contribution in [3.8, 4) is 5.75 Å². The number of pyridine rings is 1. The third-order valence-electron chi connectivity index (χ3n) is 5.58. The number of aryl methyl sites for hydroxylation is 1. The Bertz CT molecular complexity index is 1260. The van der Waals surface area contributed by atoms with Crippen molar-refractivity contribution in [2.75, 3.05) is 12.0 Å². The van der Waals surface area contributed by atoms with E-state index in [0.29, 0.717) is 5.11 Å². The SMILES string of the molecule is COc1ccccc1N1C(=S)N[C@H](c2ccccn2)[C@H]1c1ccc(Sc2ccc(C)cc2)o1. The molecule has 33 heavy (non-hydrogen) atoms. The van der Waals surface area contributed by atoms with Gasteiger partial charge in [-0.05, 0) is 67.7 Å². The van der Waals surface area contributed by atoms with E-state index in [1.165, 1.54) is 5.56 Å². The predicted octanol–water partition coefficient (Wildman–Crippen LogP) is 6.32. The molecule has 3 heterocycles. The van der Waals surface area contributed by atoms with Gasteiger partial charge in [-0.2, -0.15) is 0 Å². The lowest BCUT2D eigenvalue weighted by Gasteiger charge is -2.27. The van der Waals surface area contributed by atoms with Crippen LogP contribution in [-0.2, 0) is 0 Å². The molecule has 5 rings (SSSR count). The van der Waals surface area contributed by atoms with Crippen molar-refractivity contribution in [3.63, 3.8) is 0 Å². The number of ether oxygens (including phenoxy) is 1. The van der Waals surface area contributed by atoms with Crippen LogP contribution in [0.5, 0.6) is 5.75 Å². The lowest BCUT2D eigenvalue weighted by Crippen LogP contribution is -2.29. The Balaban J connectivity index is 1.55. The van der Waals surface area contributed by atoms with Crippen LogP contribution in [-0.4, -0.2) is 17.2 Å². The lowest BCUT2D eigenvalue weighted by atomic mass is 10.0. The quantitative estimate of drug-likeness (QED) is 0.329. The first-order chi connectivity index (χ1) is 16.1. The molecule has 0 bridgehead atoms. The monoisotopic (exact) mass is 473 g/mol. The summed E-state index contributed by atoms with van der Waals surface area (Å²) in [4.78, 5) is 7.79. The summed E-state index contributed by atoms with van der Waals surface area (Å²) in [6.07, 6.45) is 1.80. The molecule has 1 aliphatic heterocycles. The molecular weight excluding hydrogens is 450 g/mol. The highest BCUT2D eigenvalue weighted by Crippen LogP contribution is 2.45. The van der Waals surface area contributed by atoms with Gasteiger partial charge in [-0.25, -0.2) is 0 Å². The third-order valence-corrected chi connectivity index (χ3v) is 6.82. The van der Waals surface area contributed by atoms with Gasteiger partial charge in [-0.3, -0.25) is 4.98 Å². The van der Waals surface area contributed by atoms with E-state index in [9.17, 15) is 0 Å². The number of nitrogens with one attached hydrogen (secondary N) is 1. The Morgan fingerprint density at radius 2 is 1.79 bits per heavy atom. The fourth-order valence-electron chi connectivity index (χ4n) is 4.00. The molecule has 4 aromatic rings. The molecule has 1 fully saturated rings. The van der Waals surface area contributed by atoms with Crippen LogP contribution in [0, 0.1) is 6.92 Å². The van der Waals surface area contributed by atoms with Crippen LogP contribution in [0.15, 0.2) is 99.5 Å². The van der Waals surface area contributed by atoms with Crippen LogP contribution in [0.1, 0.15) is 29.1 Å². The van der Waals surface area contributed by atoms with Crippen molar-refractivity contribution < 1.29 is 9.15 Å². The number of methoxy groups -OCH3 is 1. The van der Waals surface area contributed by atoms with E-state index >= 15 is 0 Å². The van der Waals surface area contributed by atoms with Crippen LogP contribution in [0.3, 0.4) is 0 Å². The minimum Gasteiger partial charge on any atom is -0.495 e. The summed E-state index contributed by atoms with van der Waals surface area (Å²) in [6, 6.07) is 25.8. The predicted molar refractivity (Wildman–Crippen MR) is 135 cm³/mol. The Hall–Kier alpha value is -3.29. The summed E-state index contributed by atoms with van der Waals surface area (Å²) in [7, 11) is 1.67. The average Bonchev–Trinajstić information content (AvgIpc) is 3.45. The molecule has 1 aliphatic rings. The van der Waals surface area contributed by atoms with Gasteiger partial charge in [0.2, 0.25) is 0 Å². The van der Waals surface area contributed by atoms with Crippen molar-refractivity contribution >= 4 is 34.8 Å². The van der Waals surface area contributed by atoms with Crippen molar-refractivity contribution in [1.29, 1.82) is 0 Å². The molecule has 0 saturated carbocycles. The maximum Gasteiger partial charge on any atom is 0.174 e. The summed E-state index contributed by atoms with van der Waals surface area (Å²) in [5.74, 6) is 1.55. The molecule has 0 spiro atoms. The average molecular weight is 474 g/mol. The number of aromatic nitrogens is 1. The van der Waals surface area contributed by atoms with Crippen LogP contribution >= 0.6 is 24.0 Å². The number of hydrogen-bond acceptors (Lipinski definition) is 5. The maximum atomic E-state index is 6.38. The first-order valence-electron chi connectivity index (χ1n) is 10.6. The van der Waals surface area contributed by atoms with E-state index in [4.69, 9.17) is 21.4 Å². The van der Waals surface area contributed by atoms with Crippen LogP contribution in [0.4, 0.5) is 5.69 Å². The highest BCUT2D eigenvalue weighted by Gasteiger charge is 2.43. The molecule has 2 atom stereocenters. The zero-order chi connectivity index (χ0) is 22.8. The number of benzene rings is 2. The lowest BCUT2D eigenvalue weighted by molar-refractivity contribution is 0.380. The van der Waals surface area contributed by atoms with E-state index in [-0.39, 0.29) is 12.1 Å². The third kappa shape index (κ3) is 4.34. The standard InChI is InChI=1S/C26H23N3O2S2/c1-17-10-12-18(13-11-17)33-23-15-14-22(31-23)25-24(19-7-5-6-16-27-19)28-26(32)29(25)20-8-3-4-9-21(20)30-2/h3-16,24-25H,1-2H3,(H,28,32)/t24-,25-/m1/s1. The minimum absolute atomic E-state index is 0.174. The first-order valence-corrected chi connectivity index (χ1v) is 11.8. The molecule has 0 radical (unpaired) electrons. The van der Waals surface area contributed by atoms with Gasteiger partial charge in [0.15, 0.2) is 10.2 Å². The number of para-hydroxylation sites is 2. The Kier molecular flexibility index (Phi) is 6.07. The summed E-state index contributed by atoms with van der Waals surface area (Å²) in [6.45, 7) is 2.08. The number of nitrogens with zero attached hydrogens (tertiary/aromatic N) is 2. The number of rotatable bonds is 6. The molecule has 5 nitrogen and oxygen atoms in total. The molecule has 1 saturated heterocycles. The highest BCUT2D eigenvalue weighted by molar-refractivity contribution is 7.99. The smallest absolute Gasteiger partial charge is 0.174 e.